The topological polar surface area (TPSA) is 159 Å². The van der Waals surface area contributed by atoms with Gasteiger partial charge in [-0.2, -0.15) is 0 Å². The second kappa shape index (κ2) is 8.64. The lowest BCUT2D eigenvalue weighted by Crippen LogP contribution is -2.60. The molecular weight excluding hydrogens is 348 g/mol. The lowest BCUT2D eigenvalue weighted by Gasteiger charge is -2.32. The van der Waals surface area contributed by atoms with Crippen molar-refractivity contribution in [2.24, 2.45) is 0 Å². The van der Waals surface area contributed by atoms with Crippen molar-refractivity contribution >= 4 is 30.0 Å². The minimum atomic E-state index is -1.19. The predicted octanol–water partition coefficient (Wildman–Crippen LogP) is -3.33. The van der Waals surface area contributed by atoms with Gasteiger partial charge in [0.25, 0.3) is 0 Å². The van der Waals surface area contributed by atoms with E-state index in [4.69, 9.17) is 0 Å². The number of nitrogens with zero attached hydrogens (tertiary/aromatic N) is 6. The zero-order valence-electron chi connectivity index (χ0n) is 13.9. The first-order chi connectivity index (χ1) is 12.5. The molecule has 1 saturated heterocycles. The molecule has 0 spiro atoms. The fraction of sp³-hybridized carbons (Fsp3) is 0.538. The summed E-state index contributed by atoms with van der Waals surface area (Å²) in [5, 5.41) is 14.9. The maximum atomic E-state index is 12.1. The molecule has 2 rings (SSSR count). The number of hydrogen-bond donors (Lipinski definition) is 2. The van der Waals surface area contributed by atoms with Crippen LogP contribution in [0.3, 0.4) is 0 Å². The largest absolute Gasteiger partial charge is 0.352 e. The van der Waals surface area contributed by atoms with Crippen molar-refractivity contribution in [1.82, 2.24) is 40.6 Å². The van der Waals surface area contributed by atoms with Crippen LogP contribution in [-0.4, -0.2) is 92.3 Å². The summed E-state index contributed by atoms with van der Waals surface area (Å²) in [7, 11) is 0. The Labute approximate surface area is 147 Å². The summed E-state index contributed by atoms with van der Waals surface area (Å²) in [5.41, 5.74) is 0. The van der Waals surface area contributed by atoms with E-state index in [-0.39, 0.29) is 26.2 Å². The number of imide groups is 1. The van der Waals surface area contributed by atoms with E-state index >= 15 is 0 Å². The van der Waals surface area contributed by atoms with Gasteiger partial charge in [-0.3, -0.25) is 24.1 Å². The van der Waals surface area contributed by atoms with Crippen molar-refractivity contribution in [3.8, 4) is 0 Å². The molecule has 139 valence electrons. The molecule has 1 aromatic rings. The van der Waals surface area contributed by atoms with Crippen molar-refractivity contribution in [3.05, 3.63) is 6.33 Å². The highest BCUT2D eigenvalue weighted by Gasteiger charge is 2.36. The van der Waals surface area contributed by atoms with Crippen molar-refractivity contribution in [3.63, 3.8) is 0 Å². The fourth-order valence-corrected chi connectivity index (χ4v) is 2.19. The number of piperazine rings is 1. The van der Waals surface area contributed by atoms with Crippen LogP contribution in [0, 0.1) is 0 Å². The molecule has 1 aliphatic rings. The average molecular weight is 365 g/mol. The summed E-state index contributed by atoms with van der Waals surface area (Å²) < 4.78 is 1.17. The summed E-state index contributed by atoms with van der Waals surface area (Å²) in [6.45, 7) is 1.90. The van der Waals surface area contributed by atoms with E-state index < -0.39 is 29.8 Å². The quantitative estimate of drug-likeness (QED) is 0.475. The molecule has 2 heterocycles. The van der Waals surface area contributed by atoms with Gasteiger partial charge in [-0.15, -0.1) is 5.10 Å². The summed E-state index contributed by atoms with van der Waals surface area (Å²) in [5.74, 6) is -2.24. The standard InChI is InChI=1S/C13H17N8O5/c1-2-19-3-4-21(12(25)11(19)24)13(26)16-9(7-22)5-14-10(23)6-20-8-15-17-18-20/h8-9H,2-6H2,1H3,(H,14,23)(H,16,26). The first kappa shape index (κ1) is 19.0. The second-order valence-corrected chi connectivity index (χ2v) is 5.27. The Morgan fingerprint density at radius 1 is 1.31 bits per heavy atom. The van der Waals surface area contributed by atoms with Crippen LogP contribution in [0.4, 0.5) is 4.79 Å². The lowest BCUT2D eigenvalue weighted by molar-refractivity contribution is -0.153. The third kappa shape index (κ3) is 4.58. The number of urea groups is 1. The highest BCUT2D eigenvalue weighted by molar-refractivity contribution is 6.38. The third-order valence-corrected chi connectivity index (χ3v) is 3.58. The highest BCUT2D eigenvalue weighted by atomic mass is 16.2. The van der Waals surface area contributed by atoms with Crippen molar-refractivity contribution in [2.45, 2.75) is 19.5 Å². The number of nitrogens with one attached hydrogen (secondary N) is 2. The van der Waals surface area contributed by atoms with Crippen LogP contribution in [-0.2, 0) is 25.7 Å². The molecule has 1 radical (unpaired) electrons. The number of aromatic nitrogens is 4. The number of amides is 5. The summed E-state index contributed by atoms with van der Waals surface area (Å²) >= 11 is 0. The Balaban J connectivity index is 1.84. The third-order valence-electron chi connectivity index (χ3n) is 3.58. The molecule has 1 aliphatic heterocycles. The van der Waals surface area contributed by atoms with Gasteiger partial charge in [0.2, 0.25) is 12.2 Å². The molecule has 0 aromatic carbocycles. The van der Waals surface area contributed by atoms with Crippen LogP contribution < -0.4 is 10.6 Å². The minimum absolute atomic E-state index is 0.0154. The SMILES string of the molecule is CCN1CCN(C(=O)NC([C]=O)CNC(=O)Cn2cnnn2)C(=O)C1=O. The van der Waals surface area contributed by atoms with Crippen molar-refractivity contribution in [1.29, 1.82) is 0 Å². The molecule has 2 N–H and O–H groups in total. The zero-order valence-corrected chi connectivity index (χ0v) is 13.9. The fourth-order valence-electron chi connectivity index (χ4n) is 2.19. The molecule has 0 aliphatic carbocycles. The zero-order chi connectivity index (χ0) is 19.1. The van der Waals surface area contributed by atoms with Crippen molar-refractivity contribution in [2.75, 3.05) is 26.2 Å². The predicted molar refractivity (Wildman–Crippen MR) is 82.8 cm³/mol. The van der Waals surface area contributed by atoms with Crippen LogP contribution in [0.25, 0.3) is 0 Å². The van der Waals surface area contributed by atoms with Crippen LogP contribution >= 0.6 is 0 Å². The number of tetrazole rings is 1. The van der Waals surface area contributed by atoms with Gasteiger partial charge in [-0.25, -0.2) is 9.48 Å². The summed E-state index contributed by atoms with van der Waals surface area (Å²) in [4.78, 5) is 60.6. The molecule has 26 heavy (non-hydrogen) atoms. The van der Waals surface area contributed by atoms with Crippen LogP contribution in [0.15, 0.2) is 6.33 Å². The summed E-state index contributed by atoms with van der Waals surface area (Å²) in [6, 6.07) is -2.09. The Morgan fingerprint density at radius 2 is 2.08 bits per heavy atom. The molecule has 1 aromatic heterocycles. The lowest BCUT2D eigenvalue weighted by atomic mass is 10.3. The minimum Gasteiger partial charge on any atom is -0.352 e. The number of likely N-dealkylation sites (N-methyl/N-ethyl adjacent to an activating group) is 1. The maximum absolute atomic E-state index is 12.1. The van der Waals surface area contributed by atoms with Gasteiger partial charge < -0.3 is 15.5 Å². The van der Waals surface area contributed by atoms with Crippen LogP contribution in [0.5, 0.6) is 0 Å². The first-order valence-corrected chi connectivity index (χ1v) is 7.72. The highest BCUT2D eigenvalue weighted by Crippen LogP contribution is 2.05. The molecule has 1 atom stereocenters. The van der Waals surface area contributed by atoms with E-state index in [1.807, 2.05) is 0 Å². The molecule has 0 saturated carbocycles. The van der Waals surface area contributed by atoms with Gasteiger partial charge in [0.1, 0.15) is 18.9 Å². The van der Waals surface area contributed by atoms with E-state index in [0.29, 0.717) is 6.54 Å². The van der Waals surface area contributed by atoms with E-state index in [1.54, 1.807) is 13.2 Å². The van der Waals surface area contributed by atoms with E-state index in [1.165, 1.54) is 15.9 Å². The Bertz CT molecular complexity index is 691. The molecular formula is C13H17N8O5. The van der Waals surface area contributed by atoms with E-state index in [2.05, 4.69) is 26.2 Å². The Morgan fingerprint density at radius 3 is 2.69 bits per heavy atom. The molecule has 13 heteroatoms. The van der Waals surface area contributed by atoms with Crippen LogP contribution in [0.2, 0.25) is 0 Å². The number of carbonyl (C=O) groups is 4. The normalized spacial score (nSPS) is 15.6. The molecule has 13 nitrogen and oxygen atoms in total. The number of carbonyl (C=O) groups excluding carboxylic acids is 5. The number of rotatable bonds is 7. The van der Waals surface area contributed by atoms with Gasteiger partial charge in [0.15, 0.2) is 0 Å². The Hall–Kier alpha value is -3.38. The van der Waals surface area contributed by atoms with Gasteiger partial charge >= 0.3 is 17.8 Å². The maximum Gasteiger partial charge on any atom is 0.325 e. The smallest absolute Gasteiger partial charge is 0.325 e. The van der Waals surface area contributed by atoms with Crippen LogP contribution in [0.1, 0.15) is 6.92 Å². The van der Waals surface area contributed by atoms with Gasteiger partial charge in [-0.05, 0) is 17.4 Å². The Kier molecular flexibility index (Phi) is 6.30. The average Bonchev–Trinajstić information content (AvgIpc) is 3.13. The van der Waals surface area contributed by atoms with Crippen molar-refractivity contribution < 1.29 is 24.0 Å². The molecule has 5 amide bonds. The molecule has 1 fully saturated rings. The number of hydrogen-bond acceptors (Lipinski definition) is 8. The first-order valence-electron chi connectivity index (χ1n) is 7.72. The molecule has 0 bridgehead atoms. The monoisotopic (exact) mass is 365 g/mol. The molecule has 1 unspecified atom stereocenters. The second-order valence-electron chi connectivity index (χ2n) is 5.27. The van der Waals surface area contributed by atoms with E-state index in [9.17, 15) is 24.0 Å². The van der Waals surface area contributed by atoms with E-state index in [0.717, 1.165) is 4.90 Å². The summed E-state index contributed by atoms with van der Waals surface area (Å²) in [6.07, 6.45) is 2.79. The van der Waals surface area contributed by atoms with Gasteiger partial charge in [-0.1, -0.05) is 0 Å². The van der Waals surface area contributed by atoms with Gasteiger partial charge in [0, 0.05) is 26.2 Å². The van der Waals surface area contributed by atoms with Gasteiger partial charge in [0.05, 0.1) is 0 Å².